The van der Waals surface area contributed by atoms with E-state index in [1.165, 1.54) is 22.3 Å². The molecule has 92 valence electrons. The van der Waals surface area contributed by atoms with Gasteiger partial charge >= 0.3 is 0 Å². The van der Waals surface area contributed by atoms with Crippen molar-refractivity contribution >= 4 is 5.57 Å². The Morgan fingerprint density at radius 2 is 1.94 bits per heavy atom. The van der Waals surface area contributed by atoms with Gasteiger partial charge in [-0.3, -0.25) is 0 Å². The van der Waals surface area contributed by atoms with Crippen molar-refractivity contribution in [2.45, 2.75) is 46.6 Å². The third-order valence-corrected chi connectivity index (χ3v) is 3.56. The van der Waals surface area contributed by atoms with E-state index in [2.05, 4.69) is 45.9 Å². The zero-order valence-electron chi connectivity index (χ0n) is 11.2. The molecule has 0 fully saturated rings. The number of aliphatic hydroxyl groups is 1. The molecule has 0 aliphatic heterocycles. The molecular weight excluding hydrogens is 208 g/mol. The molecule has 0 saturated heterocycles. The number of aryl methyl sites for hydroxylation is 2. The van der Waals surface area contributed by atoms with Crippen molar-refractivity contribution in [2.24, 2.45) is 5.41 Å². The molecule has 0 aromatic heterocycles. The molecule has 0 radical (unpaired) electrons. The maximum atomic E-state index is 9.96. The molecule has 2 rings (SSSR count). The van der Waals surface area contributed by atoms with Gasteiger partial charge in [0.25, 0.3) is 0 Å². The smallest absolute Gasteiger partial charge is 0.0732 e. The van der Waals surface area contributed by atoms with Crippen LogP contribution in [0, 0.1) is 19.3 Å². The molecule has 0 heterocycles. The predicted octanol–water partition coefficient (Wildman–Crippen LogP) is 3.87. The minimum absolute atomic E-state index is 0.194. The summed E-state index contributed by atoms with van der Waals surface area (Å²) < 4.78 is 0. The van der Waals surface area contributed by atoms with Crippen molar-refractivity contribution < 1.29 is 5.11 Å². The molecule has 1 heteroatoms. The molecule has 1 N–H and O–H groups in total. The van der Waals surface area contributed by atoms with Crippen LogP contribution in [-0.4, -0.2) is 11.2 Å². The van der Waals surface area contributed by atoms with Crippen LogP contribution >= 0.6 is 0 Å². The van der Waals surface area contributed by atoms with E-state index in [-0.39, 0.29) is 11.5 Å². The molecule has 1 aliphatic rings. The second-order valence-corrected chi connectivity index (χ2v) is 6.12. The quantitative estimate of drug-likeness (QED) is 0.776. The minimum Gasteiger partial charge on any atom is -0.389 e. The largest absolute Gasteiger partial charge is 0.389 e. The van der Waals surface area contributed by atoms with Gasteiger partial charge < -0.3 is 5.11 Å². The normalized spacial score (nSPS) is 23.4. The van der Waals surface area contributed by atoms with Crippen molar-refractivity contribution in [3.8, 4) is 0 Å². The van der Waals surface area contributed by atoms with Gasteiger partial charge in [0, 0.05) is 0 Å². The molecule has 1 unspecified atom stereocenters. The van der Waals surface area contributed by atoms with Gasteiger partial charge in [-0.15, -0.1) is 0 Å². The minimum atomic E-state index is -0.298. The van der Waals surface area contributed by atoms with Gasteiger partial charge in [-0.1, -0.05) is 43.7 Å². The lowest BCUT2D eigenvalue weighted by Gasteiger charge is -2.33. The van der Waals surface area contributed by atoms with Crippen LogP contribution in [0.25, 0.3) is 5.57 Å². The molecule has 0 amide bonds. The van der Waals surface area contributed by atoms with Crippen molar-refractivity contribution in [1.29, 1.82) is 0 Å². The summed E-state index contributed by atoms with van der Waals surface area (Å²) in [6.45, 7) is 8.72. The Morgan fingerprint density at radius 3 is 2.59 bits per heavy atom. The highest BCUT2D eigenvalue weighted by atomic mass is 16.3. The molecule has 0 spiro atoms. The van der Waals surface area contributed by atoms with Gasteiger partial charge in [-0.2, -0.15) is 0 Å². The zero-order valence-corrected chi connectivity index (χ0v) is 11.2. The topological polar surface area (TPSA) is 20.2 Å². The van der Waals surface area contributed by atoms with Crippen molar-refractivity contribution in [2.75, 3.05) is 0 Å². The Hall–Kier alpha value is -1.08. The standard InChI is InChI=1S/C16H22O/c1-11-5-6-12(2)15(7-11)13-8-14(17)10-16(3,4)9-13/h5-8,14,17H,9-10H2,1-4H3. The molecule has 1 aromatic rings. The van der Waals surface area contributed by atoms with E-state index in [1.807, 2.05) is 6.08 Å². The first-order valence-corrected chi connectivity index (χ1v) is 6.34. The highest BCUT2D eigenvalue weighted by Gasteiger charge is 2.28. The van der Waals surface area contributed by atoms with Crippen LogP contribution in [0.1, 0.15) is 43.4 Å². The van der Waals surface area contributed by atoms with Crippen LogP contribution in [0.3, 0.4) is 0 Å². The molecule has 1 aliphatic carbocycles. The van der Waals surface area contributed by atoms with E-state index in [0.717, 1.165) is 12.8 Å². The molecule has 1 nitrogen and oxygen atoms in total. The van der Waals surface area contributed by atoms with Crippen LogP contribution in [-0.2, 0) is 0 Å². The zero-order chi connectivity index (χ0) is 12.6. The van der Waals surface area contributed by atoms with E-state index in [1.54, 1.807) is 0 Å². The number of hydrogen-bond donors (Lipinski definition) is 1. The fraction of sp³-hybridized carbons (Fsp3) is 0.500. The highest BCUT2D eigenvalue weighted by molar-refractivity contribution is 5.70. The summed E-state index contributed by atoms with van der Waals surface area (Å²) in [6, 6.07) is 6.54. The first-order valence-electron chi connectivity index (χ1n) is 6.34. The summed E-state index contributed by atoms with van der Waals surface area (Å²) >= 11 is 0. The first kappa shape index (κ1) is 12.4. The van der Waals surface area contributed by atoms with Crippen LogP contribution in [0.15, 0.2) is 24.3 Å². The van der Waals surface area contributed by atoms with E-state index in [4.69, 9.17) is 0 Å². The number of rotatable bonds is 1. The Kier molecular flexibility index (Phi) is 3.13. The van der Waals surface area contributed by atoms with E-state index in [0.29, 0.717) is 0 Å². The summed E-state index contributed by atoms with van der Waals surface area (Å²) in [6.07, 6.45) is 3.65. The van der Waals surface area contributed by atoms with Gasteiger partial charge in [0.2, 0.25) is 0 Å². The van der Waals surface area contributed by atoms with Gasteiger partial charge in [0.05, 0.1) is 6.10 Å². The van der Waals surface area contributed by atoms with Crippen molar-refractivity contribution in [3.63, 3.8) is 0 Å². The number of benzene rings is 1. The highest BCUT2D eigenvalue weighted by Crippen LogP contribution is 2.40. The van der Waals surface area contributed by atoms with E-state index >= 15 is 0 Å². The van der Waals surface area contributed by atoms with Gasteiger partial charge in [0.15, 0.2) is 0 Å². The Bertz CT molecular complexity index is 455. The summed E-state index contributed by atoms with van der Waals surface area (Å²) in [5, 5.41) is 9.96. The van der Waals surface area contributed by atoms with Crippen molar-refractivity contribution in [3.05, 3.63) is 41.0 Å². The number of hydrogen-bond acceptors (Lipinski definition) is 1. The average Bonchev–Trinajstić information content (AvgIpc) is 2.18. The maximum Gasteiger partial charge on any atom is 0.0732 e. The van der Waals surface area contributed by atoms with Gasteiger partial charge in [-0.05, 0) is 48.8 Å². The van der Waals surface area contributed by atoms with Crippen LogP contribution in [0.2, 0.25) is 0 Å². The lowest BCUT2D eigenvalue weighted by Crippen LogP contribution is -2.24. The van der Waals surface area contributed by atoms with Crippen molar-refractivity contribution in [1.82, 2.24) is 0 Å². The van der Waals surface area contributed by atoms with E-state index < -0.39 is 0 Å². The summed E-state index contributed by atoms with van der Waals surface area (Å²) in [4.78, 5) is 0. The molecule has 17 heavy (non-hydrogen) atoms. The monoisotopic (exact) mass is 230 g/mol. The SMILES string of the molecule is Cc1ccc(C)c(C2=CC(O)CC(C)(C)C2)c1. The molecule has 0 bridgehead atoms. The third kappa shape index (κ3) is 2.78. The first-order chi connectivity index (χ1) is 7.87. The summed E-state index contributed by atoms with van der Waals surface area (Å²) in [7, 11) is 0. The molecular formula is C16H22O. The Balaban J connectivity index is 2.43. The third-order valence-electron chi connectivity index (χ3n) is 3.56. The maximum absolute atomic E-state index is 9.96. The molecule has 0 saturated carbocycles. The molecule has 1 aromatic carbocycles. The van der Waals surface area contributed by atoms with E-state index in [9.17, 15) is 5.11 Å². The predicted molar refractivity (Wildman–Crippen MR) is 72.9 cm³/mol. The Morgan fingerprint density at radius 1 is 1.24 bits per heavy atom. The second-order valence-electron chi connectivity index (χ2n) is 6.12. The molecule has 1 atom stereocenters. The van der Waals surface area contributed by atoms with Crippen LogP contribution in [0.4, 0.5) is 0 Å². The van der Waals surface area contributed by atoms with Crippen LogP contribution in [0.5, 0.6) is 0 Å². The fourth-order valence-corrected chi connectivity index (χ4v) is 2.77. The average molecular weight is 230 g/mol. The second kappa shape index (κ2) is 4.30. The van der Waals surface area contributed by atoms with Gasteiger partial charge in [-0.25, -0.2) is 0 Å². The fourth-order valence-electron chi connectivity index (χ4n) is 2.77. The summed E-state index contributed by atoms with van der Waals surface area (Å²) in [5.41, 5.74) is 5.38. The Labute approximate surface area is 104 Å². The lowest BCUT2D eigenvalue weighted by atomic mass is 9.74. The number of allylic oxidation sites excluding steroid dienone is 1. The van der Waals surface area contributed by atoms with Gasteiger partial charge in [0.1, 0.15) is 0 Å². The summed E-state index contributed by atoms with van der Waals surface area (Å²) in [5.74, 6) is 0. The van der Waals surface area contributed by atoms with Crippen LogP contribution < -0.4 is 0 Å². The lowest BCUT2D eigenvalue weighted by molar-refractivity contribution is 0.146. The number of aliphatic hydroxyl groups excluding tert-OH is 1.